The maximum Gasteiger partial charge on any atom is 0.308 e. The quantitative estimate of drug-likeness (QED) is 0.615. The number of ketones is 1. The molecule has 148 valence electrons. The molecule has 1 unspecified atom stereocenters. The van der Waals surface area contributed by atoms with Crippen LogP contribution < -0.4 is 10.1 Å². The van der Waals surface area contributed by atoms with Gasteiger partial charge in [-0.3, -0.25) is 14.4 Å². The van der Waals surface area contributed by atoms with Crippen LogP contribution in [0.4, 0.5) is 0 Å². The van der Waals surface area contributed by atoms with Crippen molar-refractivity contribution in [3.63, 3.8) is 0 Å². The smallest absolute Gasteiger partial charge is 0.308 e. The van der Waals surface area contributed by atoms with E-state index in [1.807, 2.05) is 31.2 Å². The first-order chi connectivity index (χ1) is 13.4. The number of carboxylic acid groups (broad SMARTS) is 1. The number of hydrogen-bond acceptors (Lipinski definition) is 4. The minimum Gasteiger partial charge on any atom is -0.496 e. The molecule has 2 aromatic carbocycles. The van der Waals surface area contributed by atoms with Gasteiger partial charge in [0.25, 0.3) is 0 Å². The summed E-state index contributed by atoms with van der Waals surface area (Å²) in [7, 11) is 1.53. The molecule has 2 rings (SSSR count). The summed E-state index contributed by atoms with van der Waals surface area (Å²) >= 11 is 0. The highest BCUT2D eigenvalue weighted by atomic mass is 16.5. The van der Waals surface area contributed by atoms with Gasteiger partial charge in [0.2, 0.25) is 5.91 Å². The normalized spacial score (nSPS) is 11.5. The Labute approximate surface area is 164 Å². The molecule has 0 fully saturated rings. The fraction of sp³-hybridized carbons (Fsp3) is 0.318. The Morgan fingerprint density at radius 1 is 1.04 bits per heavy atom. The molecule has 0 heterocycles. The van der Waals surface area contributed by atoms with Crippen LogP contribution in [0.1, 0.15) is 34.3 Å². The van der Waals surface area contributed by atoms with Crippen LogP contribution in [-0.2, 0) is 16.0 Å². The molecular formula is C22H25NO5. The number of ether oxygens (including phenoxy) is 1. The van der Waals surface area contributed by atoms with Crippen molar-refractivity contribution >= 4 is 17.7 Å². The number of aliphatic carboxylic acids is 1. The zero-order valence-corrected chi connectivity index (χ0v) is 16.1. The monoisotopic (exact) mass is 383 g/mol. The van der Waals surface area contributed by atoms with Crippen molar-refractivity contribution in [3.8, 4) is 5.75 Å². The summed E-state index contributed by atoms with van der Waals surface area (Å²) in [5, 5.41) is 12.1. The molecule has 0 aliphatic rings. The summed E-state index contributed by atoms with van der Waals surface area (Å²) in [4.78, 5) is 35.7. The van der Waals surface area contributed by atoms with E-state index in [1.54, 1.807) is 24.3 Å². The highest BCUT2D eigenvalue weighted by Gasteiger charge is 2.21. The molecule has 6 heteroatoms. The van der Waals surface area contributed by atoms with Gasteiger partial charge in [-0.15, -0.1) is 0 Å². The lowest BCUT2D eigenvalue weighted by Gasteiger charge is -2.15. The number of Topliss-reactive ketones (excluding diaryl/α,β-unsaturated/α-hetero) is 1. The average molecular weight is 383 g/mol. The summed E-state index contributed by atoms with van der Waals surface area (Å²) in [6.45, 7) is 1.93. The van der Waals surface area contributed by atoms with Crippen LogP contribution in [0.25, 0.3) is 0 Å². The molecule has 1 amide bonds. The van der Waals surface area contributed by atoms with Crippen molar-refractivity contribution < 1.29 is 24.2 Å². The van der Waals surface area contributed by atoms with Gasteiger partial charge in [-0.25, -0.2) is 0 Å². The molecule has 2 aromatic rings. The Balaban J connectivity index is 1.85. The van der Waals surface area contributed by atoms with Crippen LogP contribution >= 0.6 is 0 Å². The number of benzene rings is 2. The van der Waals surface area contributed by atoms with E-state index in [2.05, 4.69) is 5.32 Å². The number of carboxylic acids is 1. The van der Waals surface area contributed by atoms with Crippen molar-refractivity contribution in [1.82, 2.24) is 5.32 Å². The van der Waals surface area contributed by atoms with Gasteiger partial charge >= 0.3 is 5.97 Å². The lowest BCUT2D eigenvalue weighted by Crippen LogP contribution is -2.34. The van der Waals surface area contributed by atoms with Gasteiger partial charge < -0.3 is 15.2 Å². The lowest BCUT2D eigenvalue weighted by atomic mass is 9.98. The highest BCUT2D eigenvalue weighted by Crippen LogP contribution is 2.21. The molecule has 0 saturated carbocycles. The summed E-state index contributed by atoms with van der Waals surface area (Å²) in [6, 6.07) is 14.4. The van der Waals surface area contributed by atoms with Crippen molar-refractivity contribution in [2.24, 2.45) is 5.92 Å². The molecule has 1 atom stereocenters. The number of carbonyl (C=O) groups is 3. The first-order valence-corrected chi connectivity index (χ1v) is 9.12. The lowest BCUT2D eigenvalue weighted by molar-refractivity contribution is -0.141. The van der Waals surface area contributed by atoms with Gasteiger partial charge in [0.1, 0.15) is 5.75 Å². The van der Waals surface area contributed by atoms with Gasteiger partial charge in [-0.05, 0) is 25.0 Å². The summed E-state index contributed by atoms with van der Waals surface area (Å²) in [5.74, 6) is -1.62. The SMILES string of the molecule is COc1ccccc1CC(CNC(=O)CCC(=O)c1ccc(C)cc1)C(=O)O. The molecule has 0 radical (unpaired) electrons. The first kappa shape index (κ1) is 21.2. The van der Waals surface area contributed by atoms with E-state index in [4.69, 9.17) is 4.74 Å². The van der Waals surface area contributed by atoms with Gasteiger partial charge in [0, 0.05) is 24.9 Å². The minimum absolute atomic E-state index is 0.00899. The third-order valence-electron chi connectivity index (χ3n) is 4.51. The Bertz CT molecular complexity index is 829. The minimum atomic E-state index is -0.998. The third-order valence-corrected chi connectivity index (χ3v) is 4.51. The third kappa shape index (κ3) is 6.23. The predicted molar refractivity (Wildman–Crippen MR) is 106 cm³/mol. The number of methoxy groups -OCH3 is 1. The molecule has 0 aromatic heterocycles. The topological polar surface area (TPSA) is 92.7 Å². The van der Waals surface area contributed by atoms with E-state index >= 15 is 0 Å². The van der Waals surface area contributed by atoms with Crippen LogP contribution in [0.5, 0.6) is 5.75 Å². The van der Waals surface area contributed by atoms with Gasteiger partial charge in [-0.2, -0.15) is 0 Å². The maximum absolute atomic E-state index is 12.1. The fourth-order valence-electron chi connectivity index (χ4n) is 2.82. The molecule has 6 nitrogen and oxygen atoms in total. The van der Waals surface area contributed by atoms with E-state index in [0.29, 0.717) is 11.3 Å². The second kappa shape index (κ2) is 10.3. The zero-order valence-electron chi connectivity index (χ0n) is 16.1. The van der Waals surface area contributed by atoms with Crippen LogP contribution in [0.3, 0.4) is 0 Å². The van der Waals surface area contributed by atoms with Crippen LogP contribution in [0.15, 0.2) is 48.5 Å². The number of amides is 1. The van der Waals surface area contributed by atoms with E-state index in [1.165, 1.54) is 7.11 Å². The van der Waals surface area contributed by atoms with Crippen LogP contribution in [-0.4, -0.2) is 36.4 Å². The molecule has 0 saturated heterocycles. The molecule has 0 spiro atoms. The number of hydrogen-bond donors (Lipinski definition) is 2. The summed E-state index contributed by atoms with van der Waals surface area (Å²) in [5.41, 5.74) is 2.39. The highest BCUT2D eigenvalue weighted by molar-refractivity contribution is 5.98. The molecular weight excluding hydrogens is 358 g/mol. The summed E-state index contributed by atoms with van der Waals surface area (Å²) in [6.07, 6.45) is 0.342. The molecule has 28 heavy (non-hydrogen) atoms. The van der Waals surface area contributed by atoms with Crippen molar-refractivity contribution in [2.45, 2.75) is 26.2 Å². The van der Waals surface area contributed by atoms with Crippen LogP contribution in [0, 0.1) is 12.8 Å². The summed E-state index contributed by atoms with van der Waals surface area (Å²) < 4.78 is 5.25. The Kier molecular flexibility index (Phi) is 7.75. The fourth-order valence-corrected chi connectivity index (χ4v) is 2.82. The number of nitrogens with one attached hydrogen (secondary N) is 1. The van der Waals surface area contributed by atoms with E-state index in [9.17, 15) is 19.5 Å². The first-order valence-electron chi connectivity index (χ1n) is 9.12. The van der Waals surface area contributed by atoms with Gasteiger partial charge in [0.05, 0.1) is 13.0 Å². The van der Waals surface area contributed by atoms with E-state index in [0.717, 1.165) is 11.1 Å². The number of rotatable bonds is 10. The van der Waals surface area contributed by atoms with Crippen molar-refractivity contribution in [1.29, 1.82) is 0 Å². The Morgan fingerprint density at radius 2 is 1.71 bits per heavy atom. The largest absolute Gasteiger partial charge is 0.496 e. The standard InChI is InChI=1S/C22H25NO5/c1-15-7-9-16(10-8-15)19(24)11-12-21(25)23-14-18(22(26)27)13-17-5-3-4-6-20(17)28-2/h3-10,18H,11-14H2,1-2H3,(H,23,25)(H,26,27). The Hall–Kier alpha value is -3.15. The maximum atomic E-state index is 12.1. The molecule has 2 N–H and O–H groups in total. The second-order valence-corrected chi connectivity index (χ2v) is 6.64. The van der Waals surface area contributed by atoms with E-state index in [-0.39, 0.29) is 37.5 Å². The van der Waals surface area contributed by atoms with Gasteiger partial charge in [-0.1, -0.05) is 48.0 Å². The van der Waals surface area contributed by atoms with Crippen LogP contribution in [0.2, 0.25) is 0 Å². The molecule has 0 aliphatic heterocycles. The number of carbonyl (C=O) groups excluding carboxylic acids is 2. The molecule has 0 aliphatic carbocycles. The van der Waals surface area contributed by atoms with E-state index < -0.39 is 11.9 Å². The number of para-hydroxylation sites is 1. The van der Waals surface area contributed by atoms with Crippen molar-refractivity contribution in [3.05, 3.63) is 65.2 Å². The Morgan fingerprint density at radius 3 is 2.36 bits per heavy atom. The average Bonchev–Trinajstić information content (AvgIpc) is 2.69. The number of aryl methyl sites for hydroxylation is 1. The zero-order chi connectivity index (χ0) is 20.5. The van der Waals surface area contributed by atoms with Gasteiger partial charge in [0.15, 0.2) is 5.78 Å². The second-order valence-electron chi connectivity index (χ2n) is 6.64. The predicted octanol–water partition coefficient (Wildman–Crippen LogP) is 3.03. The van der Waals surface area contributed by atoms with Crippen molar-refractivity contribution in [2.75, 3.05) is 13.7 Å². The molecule has 0 bridgehead atoms.